The predicted molar refractivity (Wildman–Crippen MR) is 106 cm³/mol. The largest absolute Gasteiger partial charge is 0.462 e. The summed E-state index contributed by atoms with van der Waals surface area (Å²) < 4.78 is 11.8. The molecular formula is C18H32BrNO4Si. The van der Waals surface area contributed by atoms with Gasteiger partial charge in [0.1, 0.15) is 0 Å². The molecule has 0 radical (unpaired) electrons. The molecule has 1 saturated heterocycles. The Balaban J connectivity index is 2.82. The summed E-state index contributed by atoms with van der Waals surface area (Å²) in [5, 5.41) is 3.05. The maximum Gasteiger partial charge on any atom is 0.344 e. The van der Waals surface area contributed by atoms with Gasteiger partial charge in [-0.25, -0.2) is 4.79 Å². The molecule has 1 heterocycles. The number of amides is 1. The van der Waals surface area contributed by atoms with Crippen molar-refractivity contribution in [3.05, 3.63) is 10.6 Å². The van der Waals surface area contributed by atoms with Crippen molar-refractivity contribution in [1.82, 2.24) is 5.32 Å². The monoisotopic (exact) mass is 433 g/mol. The van der Waals surface area contributed by atoms with E-state index in [0.29, 0.717) is 11.1 Å². The Bertz CT molecular complexity index is 542. The molecule has 1 amide bonds. The van der Waals surface area contributed by atoms with Gasteiger partial charge in [0.2, 0.25) is 5.91 Å². The zero-order valence-corrected chi connectivity index (χ0v) is 19.2. The lowest BCUT2D eigenvalue weighted by Crippen LogP contribution is -2.65. The molecule has 0 unspecified atom stereocenters. The van der Waals surface area contributed by atoms with E-state index >= 15 is 0 Å². The van der Waals surface area contributed by atoms with E-state index in [2.05, 4.69) is 55.1 Å². The minimum absolute atomic E-state index is 0.00746. The highest BCUT2D eigenvalue weighted by molar-refractivity contribution is 9.12. The van der Waals surface area contributed by atoms with E-state index in [1.807, 2.05) is 13.8 Å². The van der Waals surface area contributed by atoms with E-state index in [4.69, 9.17) is 9.16 Å². The molecule has 0 aromatic carbocycles. The second-order valence-corrected chi connectivity index (χ2v) is 13.8. The predicted octanol–water partition coefficient (Wildman–Crippen LogP) is 3.99. The van der Waals surface area contributed by atoms with Gasteiger partial charge in [-0.2, -0.15) is 0 Å². The fraction of sp³-hybridized carbons (Fsp3) is 0.778. The minimum atomic E-state index is -1.95. The first-order valence-electron chi connectivity index (χ1n) is 8.84. The van der Waals surface area contributed by atoms with Crippen LogP contribution in [0.5, 0.6) is 0 Å². The van der Waals surface area contributed by atoms with Crippen LogP contribution in [0.25, 0.3) is 0 Å². The Morgan fingerprint density at radius 3 is 2.36 bits per heavy atom. The lowest BCUT2D eigenvalue weighted by atomic mass is 9.79. The molecule has 0 aromatic heterocycles. The maximum atomic E-state index is 12.1. The molecule has 1 rings (SSSR count). The molecule has 1 aliphatic heterocycles. The first kappa shape index (κ1) is 22.4. The van der Waals surface area contributed by atoms with Gasteiger partial charge in [0.25, 0.3) is 0 Å². The number of hydrogen-bond acceptors (Lipinski definition) is 4. The molecule has 1 N–H and O–H groups in total. The normalized spacial score (nSPS) is 24.2. The third-order valence-electron chi connectivity index (χ3n) is 5.24. The van der Waals surface area contributed by atoms with Crippen LogP contribution in [0.4, 0.5) is 0 Å². The van der Waals surface area contributed by atoms with Gasteiger partial charge in [-0.1, -0.05) is 33.8 Å². The average molecular weight is 434 g/mol. The molecule has 0 spiro atoms. The van der Waals surface area contributed by atoms with Gasteiger partial charge >= 0.3 is 5.97 Å². The van der Waals surface area contributed by atoms with Crippen LogP contribution in [0.1, 0.15) is 41.5 Å². The van der Waals surface area contributed by atoms with Gasteiger partial charge < -0.3 is 14.5 Å². The summed E-state index contributed by atoms with van der Waals surface area (Å²) in [7, 11) is -1.95. The zero-order chi connectivity index (χ0) is 19.6. The minimum Gasteiger partial charge on any atom is -0.462 e. The lowest BCUT2D eigenvalue weighted by molar-refractivity contribution is -0.141. The number of carbonyl (C=O) groups is 2. The van der Waals surface area contributed by atoms with E-state index in [1.165, 1.54) is 0 Å². The fourth-order valence-corrected chi connectivity index (χ4v) is 4.66. The Morgan fingerprint density at radius 1 is 1.36 bits per heavy atom. The summed E-state index contributed by atoms with van der Waals surface area (Å²) in [5.41, 5.74) is 0. The quantitative estimate of drug-likeness (QED) is 0.285. The standard InChI is InChI=1S/C18H32BrNO4Si/c1-9-23-17(22)13(19)10-11(2)15-14(16(21)20-15)12(3)24-25(7,8)18(4,5)6/h10-12,14-15H,9H2,1-8H3,(H,20,21)/b13-10+/t11-,12+,14+,15+/m0/s1. The summed E-state index contributed by atoms with van der Waals surface area (Å²) >= 11 is 3.26. The van der Waals surface area contributed by atoms with Crippen LogP contribution in [0.15, 0.2) is 10.6 Å². The third kappa shape index (κ3) is 5.40. The Morgan fingerprint density at radius 2 is 1.92 bits per heavy atom. The lowest BCUT2D eigenvalue weighted by Gasteiger charge is -2.46. The number of nitrogens with one attached hydrogen (secondary N) is 1. The Labute approximate surface area is 161 Å². The van der Waals surface area contributed by atoms with E-state index in [-0.39, 0.29) is 40.9 Å². The molecule has 25 heavy (non-hydrogen) atoms. The molecule has 7 heteroatoms. The molecule has 0 aromatic rings. The van der Waals surface area contributed by atoms with Crippen molar-refractivity contribution in [3.8, 4) is 0 Å². The highest BCUT2D eigenvalue weighted by atomic mass is 79.9. The number of β-lactam (4-membered cyclic amide) rings is 1. The van der Waals surface area contributed by atoms with Gasteiger partial charge in [-0.3, -0.25) is 4.79 Å². The van der Waals surface area contributed by atoms with E-state index in [1.54, 1.807) is 13.0 Å². The number of ether oxygens (including phenoxy) is 1. The highest BCUT2D eigenvalue weighted by Gasteiger charge is 2.48. The molecular weight excluding hydrogens is 402 g/mol. The summed E-state index contributed by atoms with van der Waals surface area (Å²) in [6.45, 7) is 17.0. The number of carbonyl (C=O) groups excluding carboxylic acids is 2. The Kier molecular flexibility index (Phi) is 7.48. The third-order valence-corrected chi connectivity index (χ3v) is 10.4. The van der Waals surface area contributed by atoms with Gasteiger partial charge in [0.05, 0.1) is 23.1 Å². The SMILES string of the molecule is CCOC(=O)/C(Br)=C\[C@H](C)[C@H]1NC(=O)[C@@H]1[C@@H](C)O[Si](C)(C)C(C)(C)C. The van der Waals surface area contributed by atoms with Crippen LogP contribution in [0, 0.1) is 11.8 Å². The van der Waals surface area contributed by atoms with Crippen molar-refractivity contribution in [3.63, 3.8) is 0 Å². The van der Waals surface area contributed by atoms with Gasteiger partial charge in [0.15, 0.2) is 8.32 Å². The summed E-state index contributed by atoms with van der Waals surface area (Å²) in [5.74, 6) is -0.583. The van der Waals surface area contributed by atoms with E-state index in [9.17, 15) is 9.59 Å². The molecule has 0 saturated carbocycles. The molecule has 4 atom stereocenters. The smallest absolute Gasteiger partial charge is 0.344 e. The second-order valence-electron chi connectivity index (χ2n) is 8.24. The second kappa shape index (κ2) is 8.35. The number of hydrogen-bond donors (Lipinski definition) is 1. The van der Waals surface area contributed by atoms with Crippen LogP contribution in [-0.2, 0) is 18.8 Å². The fourth-order valence-electron chi connectivity index (χ4n) is 2.70. The molecule has 0 aliphatic carbocycles. The maximum absolute atomic E-state index is 12.1. The van der Waals surface area contributed by atoms with Crippen LogP contribution < -0.4 is 5.32 Å². The zero-order valence-electron chi connectivity index (χ0n) is 16.6. The molecule has 1 fully saturated rings. The van der Waals surface area contributed by atoms with Crippen molar-refractivity contribution in [2.24, 2.45) is 11.8 Å². The first-order chi connectivity index (χ1) is 11.3. The van der Waals surface area contributed by atoms with Gasteiger partial charge in [-0.05, 0) is 53.8 Å². The van der Waals surface area contributed by atoms with Crippen LogP contribution >= 0.6 is 15.9 Å². The summed E-state index contributed by atoms with van der Waals surface area (Å²) in [6.07, 6.45) is 1.64. The van der Waals surface area contributed by atoms with Crippen LogP contribution in [-0.4, -0.2) is 38.9 Å². The van der Waals surface area contributed by atoms with Crippen LogP contribution in [0.3, 0.4) is 0 Å². The van der Waals surface area contributed by atoms with Crippen molar-refractivity contribution < 1.29 is 18.8 Å². The number of rotatable bonds is 7. The highest BCUT2D eigenvalue weighted by Crippen LogP contribution is 2.39. The topological polar surface area (TPSA) is 64.6 Å². The van der Waals surface area contributed by atoms with E-state index < -0.39 is 8.32 Å². The molecule has 1 aliphatic rings. The molecule has 5 nitrogen and oxygen atoms in total. The number of esters is 1. The van der Waals surface area contributed by atoms with Gasteiger partial charge in [-0.15, -0.1) is 0 Å². The van der Waals surface area contributed by atoms with Crippen LogP contribution in [0.2, 0.25) is 18.1 Å². The van der Waals surface area contributed by atoms with Crippen molar-refractivity contribution in [2.45, 2.75) is 71.8 Å². The summed E-state index contributed by atoms with van der Waals surface area (Å²) in [4.78, 5) is 23.9. The van der Waals surface area contributed by atoms with Gasteiger partial charge in [0, 0.05) is 6.04 Å². The van der Waals surface area contributed by atoms with Crippen molar-refractivity contribution >= 4 is 36.1 Å². The van der Waals surface area contributed by atoms with E-state index in [0.717, 1.165) is 0 Å². The average Bonchev–Trinajstić information content (AvgIpc) is 2.42. The summed E-state index contributed by atoms with van der Waals surface area (Å²) in [6, 6.07) is -0.0470. The molecule has 0 bridgehead atoms. The van der Waals surface area contributed by atoms with Crippen molar-refractivity contribution in [1.29, 1.82) is 0 Å². The Hall–Kier alpha value is -0.663. The van der Waals surface area contributed by atoms with Crippen molar-refractivity contribution in [2.75, 3.05) is 6.61 Å². The molecule has 144 valence electrons. The first-order valence-corrected chi connectivity index (χ1v) is 12.5. The number of halogens is 1.